The van der Waals surface area contributed by atoms with Crippen molar-refractivity contribution in [3.05, 3.63) is 29.8 Å². The maximum atomic E-state index is 10.3. The summed E-state index contributed by atoms with van der Waals surface area (Å²) in [5, 5.41) is 17.3. The number of aromatic carboxylic acids is 1. The fourth-order valence-electron chi connectivity index (χ4n) is 0.654. The van der Waals surface area contributed by atoms with Crippen molar-refractivity contribution in [3.63, 3.8) is 0 Å². The maximum Gasteiger partial charge on any atom is 0 e. The minimum atomic E-state index is -1.11. The Labute approximate surface area is 103 Å². The molecule has 6 heteroatoms. The Hall–Kier alpha value is 0.0268. The summed E-state index contributed by atoms with van der Waals surface area (Å²) in [6.07, 6.45) is 0. The number of aromatic hydroxyl groups is 1. The van der Waals surface area contributed by atoms with E-state index >= 15 is 0 Å². The van der Waals surface area contributed by atoms with Gasteiger partial charge in [0.25, 0.3) is 0 Å². The molecule has 0 atom stereocenters. The van der Waals surface area contributed by atoms with Gasteiger partial charge in [-0.1, -0.05) is 12.1 Å². The second-order valence-corrected chi connectivity index (χ2v) is 1.82. The molecule has 0 heterocycles. The van der Waals surface area contributed by atoms with Crippen LogP contribution in [0.5, 0.6) is 5.75 Å². The van der Waals surface area contributed by atoms with Crippen LogP contribution >= 0.6 is 9.69 Å². The molecule has 0 radical (unpaired) electrons. The number of hydrogen-bond acceptors (Lipinski definition) is 2. The number of carboxylic acids is 1. The van der Waals surface area contributed by atoms with Crippen LogP contribution in [0.3, 0.4) is 0 Å². The van der Waals surface area contributed by atoms with Crippen LogP contribution in [0.1, 0.15) is 10.4 Å². The van der Waals surface area contributed by atoms with Gasteiger partial charge in [0.2, 0.25) is 0 Å². The van der Waals surface area contributed by atoms with E-state index in [9.17, 15) is 4.79 Å². The standard InChI is InChI=1S/C7H6O3.ClH.2Zn/c8-6-4-2-1-3-5(6)7(9)10;;;/h1-4,8H,(H,9,10);1H;;/q;;;+1/p-1. The molecule has 1 aromatic carbocycles. The molecular weight excluding hydrogens is 298 g/mol. The van der Waals surface area contributed by atoms with Crippen LogP contribution in [-0.4, -0.2) is 16.2 Å². The van der Waals surface area contributed by atoms with Crippen LogP contribution in [0.25, 0.3) is 0 Å². The van der Waals surface area contributed by atoms with Crippen molar-refractivity contribution in [1.29, 1.82) is 0 Å². The van der Waals surface area contributed by atoms with Gasteiger partial charge in [-0.05, 0) is 12.1 Å². The Bertz CT molecular complexity index is 268. The quantitative estimate of drug-likeness (QED) is 0.778. The van der Waals surface area contributed by atoms with Gasteiger partial charge in [0.05, 0.1) is 0 Å². The fraction of sp³-hybridized carbons (Fsp3) is 0. The van der Waals surface area contributed by atoms with E-state index < -0.39 is 5.97 Å². The Morgan fingerprint density at radius 1 is 1.31 bits per heavy atom. The summed E-state index contributed by atoms with van der Waals surface area (Å²) in [6.45, 7) is 0. The molecule has 3 nitrogen and oxygen atoms in total. The molecule has 0 aliphatic rings. The van der Waals surface area contributed by atoms with Crippen molar-refractivity contribution in [2.75, 3.05) is 0 Å². The zero-order valence-corrected chi connectivity index (χ0v) is 13.6. The van der Waals surface area contributed by atoms with Gasteiger partial charge in [0, 0.05) is 19.5 Å². The van der Waals surface area contributed by atoms with Gasteiger partial charge in [-0.15, -0.1) is 0 Å². The van der Waals surface area contributed by atoms with E-state index in [2.05, 4.69) is 0 Å². The number of carboxylic acid groups (broad SMARTS) is 1. The van der Waals surface area contributed by atoms with Crippen LogP contribution < -0.4 is 0 Å². The Kier molecular flexibility index (Phi) is 10.3. The SMILES string of the molecule is O=C(O)c1ccccc1O.[Cl][Zn].[Zn]. The number of carbonyl (C=O) groups is 1. The first-order valence-corrected chi connectivity index (χ1v) is 6.89. The molecule has 0 amide bonds. The molecule has 2 N–H and O–H groups in total. The minimum Gasteiger partial charge on any atom is 0 e. The van der Waals surface area contributed by atoms with Crippen molar-refractivity contribution >= 4 is 15.7 Å². The van der Waals surface area contributed by atoms with Gasteiger partial charge in [0.1, 0.15) is 11.3 Å². The van der Waals surface area contributed by atoms with Crippen molar-refractivity contribution in [2.45, 2.75) is 0 Å². The zero-order chi connectivity index (χ0) is 9.56. The molecule has 0 aliphatic carbocycles. The molecule has 13 heavy (non-hydrogen) atoms. The van der Waals surface area contributed by atoms with E-state index in [0.29, 0.717) is 0 Å². The van der Waals surface area contributed by atoms with Crippen LogP contribution in [0.15, 0.2) is 24.3 Å². The van der Waals surface area contributed by atoms with Crippen LogP contribution in [0.2, 0.25) is 0 Å². The van der Waals surface area contributed by atoms with E-state index in [1.54, 1.807) is 12.1 Å². The van der Waals surface area contributed by atoms with Crippen LogP contribution in [0, 0.1) is 0 Å². The molecule has 1 aromatic rings. The molecule has 0 aliphatic heterocycles. The van der Waals surface area contributed by atoms with Gasteiger partial charge < -0.3 is 10.2 Å². The first kappa shape index (κ1) is 15.5. The molecule has 1 rings (SSSR count). The number of para-hydroxylation sites is 1. The topological polar surface area (TPSA) is 57.5 Å². The van der Waals surface area contributed by atoms with Crippen molar-refractivity contribution in [3.8, 4) is 5.75 Å². The van der Waals surface area contributed by atoms with E-state index in [1.807, 2.05) is 0 Å². The number of halogens is 1. The molecule has 63 valence electrons. The van der Waals surface area contributed by atoms with Gasteiger partial charge in [-0.3, -0.25) is 0 Å². The smallest absolute Gasteiger partial charge is 0 e. The largest absolute Gasteiger partial charge is 0 e. The number of rotatable bonds is 1. The monoisotopic (exact) mass is 301 g/mol. The molecule has 0 saturated heterocycles. The van der Waals surface area contributed by atoms with Gasteiger partial charge in [-0.2, -0.15) is 0 Å². The Morgan fingerprint density at radius 2 is 1.77 bits per heavy atom. The van der Waals surface area contributed by atoms with Crippen LogP contribution in [-0.2, 0) is 36.8 Å². The van der Waals surface area contributed by atoms with Crippen molar-refractivity contribution < 1.29 is 51.8 Å². The van der Waals surface area contributed by atoms with Crippen molar-refractivity contribution in [2.24, 2.45) is 0 Å². The van der Waals surface area contributed by atoms with Gasteiger partial charge >= 0.3 is 33.0 Å². The minimum absolute atomic E-state index is 0. The van der Waals surface area contributed by atoms with E-state index in [1.165, 1.54) is 12.1 Å². The zero-order valence-electron chi connectivity index (χ0n) is 6.90. The molecule has 0 spiro atoms. The number of phenols is 1. The first-order chi connectivity index (χ1) is 5.72. The molecule has 0 aromatic heterocycles. The first-order valence-electron chi connectivity index (χ1n) is 3.00. The van der Waals surface area contributed by atoms with E-state index in [-0.39, 0.29) is 30.8 Å². The molecule has 0 unspecified atom stereocenters. The third kappa shape index (κ3) is 5.35. The summed E-state index contributed by atoms with van der Waals surface area (Å²) in [4.78, 5) is 10.3. The maximum absolute atomic E-state index is 10.3. The predicted octanol–water partition coefficient (Wildman–Crippen LogP) is 1.77. The molecule has 0 bridgehead atoms. The summed E-state index contributed by atoms with van der Waals surface area (Å²) in [5.41, 5.74) is -0.0671. The molecule has 0 saturated carbocycles. The second-order valence-electron chi connectivity index (χ2n) is 1.82. The summed E-state index contributed by atoms with van der Waals surface area (Å²) < 4.78 is 0. The Balaban J connectivity index is 0. The van der Waals surface area contributed by atoms with E-state index in [4.69, 9.17) is 19.9 Å². The predicted molar refractivity (Wildman–Crippen MR) is 40.9 cm³/mol. The van der Waals surface area contributed by atoms with E-state index in [0.717, 1.165) is 17.3 Å². The van der Waals surface area contributed by atoms with Crippen molar-refractivity contribution in [1.82, 2.24) is 0 Å². The molecule has 0 fully saturated rings. The summed E-state index contributed by atoms with van der Waals surface area (Å²) in [5.74, 6) is -1.31. The third-order valence-electron chi connectivity index (χ3n) is 1.13. The summed E-state index contributed by atoms with van der Waals surface area (Å²) >= 11 is 0.847. The van der Waals surface area contributed by atoms with Gasteiger partial charge in [0.15, 0.2) is 0 Å². The number of hydrogen-bond donors (Lipinski definition) is 2. The summed E-state index contributed by atoms with van der Waals surface area (Å²) in [6, 6.07) is 5.81. The average Bonchev–Trinajstić information content (AvgIpc) is 2.08. The van der Waals surface area contributed by atoms with Gasteiger partial charge in [-0.25, -0.2) is 4.79 Å². The normalized spacial score (nSPS) is 7.62. The number of benzene rings is 1. The summed E-state index contributed by atoms with van der Waals surface area (Å²) in [7, 11) is 4.76. The average molecular weight is 304 g/mol. The third-order valence-corrected chi connectivity index (χ3v) is 1.13. The second kappa shape index (κ2) is 8.62. The fourth-order valence-corrected chi connectivity index (χ4v) is 0.654. The van der Waals surface area contributed by atoms with Crippen LogP contribution in [0.4, 0.5) is 0 Å². The Morgan fingerprint density at radius 3 is 2.08 bits per heavy atom. The molecular formula is C7H6ClO3Zn2.